The summed E-state index contributed by atoms with van der Waals surface area (Å²) in [4.78, 5) is 0. The van der Waals surface area contributed by atoms with Gasteiger partial charge in [-0.1, -0.05) is 12.1 Å². The van der Waals surface area contributed by atoms with Crippen LogP contribution in [0.2, 0.25) is 0 Å². The number of hydrogen-bond acceptors (Lipinski definition) is 4. The maximum atomic E-state index is 5.36. The van der Waals surface area contributed by atoms with Gasteiger partial charge in [-0.15, -0.1) is 12.4 Å². The van der Waals surface area contributed by atoms with Crippen molar-refractivity contribution < 1.29 is 14.2 Å². The molecule has 0 radical (unpaired) electrons. The highest BCUT2D eigenvalue weighted by atomic mass is 35.5. The van der Waals surface area contributed by atoms with Crippen LogP contribution >= 0.6 is 12.4 Å². The molecule has 1 rings (SSSR count). The summed E-state index contributed by atoms with van der Waals surface area (Å²) < 4.78 is 15.6. The number of hydrogen-bond donors (Lipinski definition) is 1. The van der Waals surface area contributed by atoms with Crippen LogP contribution in [0, 0.1) is 0 Å². The average Bonchev–Trinajstić information content (AvgIpc) is 2.38. The molecule has 0 unspecified atom stereocenters. The molecule has 0 aliphatic rings. The fraction of sp³-hybridized carbons (Fsp3) is 0.538. The molecule has 0 saturated carbocycles. The third kappa shape index (κ3) is 5.12. The number of rotatable bonds is 8. The summed E-state index contributed by atoms with van der Waals surface area (Å²) >= 11 is 0. The van der Waals surface area contributed by atoms with Gasteiger partial charge in [0.25, 0.3) is 0 Å². The van der Waals surface area contributed by atoms with E-state index in [1.165, 1.54) is 0 Å². The van der Waals surface area contributed by atoms with Gasteiger partial charge < -0.3 is 19.5 Å². The van der Waals surface area contributed by atoms with Gasteiger partial charge in [0.05, 0.1) is 14.2 Å². The number of methoxy groups -OCH3 is 3. The van der Waals surface area contributed by atoms with Gasteiger partial charge in [0.1, 0.15) is 0 Å². The molecule has 0 aliphatic heterocycles. The zero-order valence-electron chi connectivity index (χ0n) is 11.2. The van der Waals surface area contributed by atoms with Crippen molar-refractivity contribution in [3.63, 3.8) is 0 Å². The fourth-order valence-corrected chi connectivity index (χ4v) is 1.66. The summed E-state index contributed by atoms with van der Waals surface area (Å²) in [5.74, 6) is 1.57. The first-order chi connectivity index (χ1) is 8.33. The van der Waals surface area contributed by atoms with E-state index >= 15 is 0 Å². The lowest BCUT2D eigenvalue weighted by atomic mass is 10.2. The lowest BCUT2D eigenvalue weighted by Gasteiger charge is -2.13. The largest absolute Gasteiger partial charge is 0.493 e. The highest BCUT2D eigenvalue weighted by Crippen LogP contribution is 2.30. The Morgan fingerprint density at radius 2 is 1.89 bits per heavy atom. The van der Waals surface area contributed by atoms with E-state index < -0.39 is 0 Å². The molecule has 0 heterocycles. The molecule has 1 aromatic carbocycles. The molecule has 0 amide bonds. The second-order valence-electron chi connectivity index (χ2n) is 3.68. The SMILES string of the molecule is COCCCNCc1cccc(OC)c1OC.Cl. The van der Waals surface area contributed by atoms with Crippen molar-refractivity contribution in [1.29, 1.82) is 0 Å². The van der Waals surface area contributed by atoms with E-state index in [9.17, 15) is 0 Å². The molecular formula is C13H22ClNO3. The van der Waals surface area contributed by atoms with Crippen molar-refractivity contribution in [3.8, 4) is 11.5 Å². The molecule has 1 N–H and O–H groups in total. The predicted molar refractivity (Wildman–Crippen MR) is 75.0 cm³/mol. The molecule has 0 saturated heterocycles. The van der Waals surface area contributed by atoms with Gasteiger partial charge >= 0.3 is 0 Å². The molecular weight excluding hydrogens is 254 g/mol. The van der Waals surface area contributed by atoms with Crippen LogP contribution in [-0.2, 0) is 11.3 Å². The Bertz CT molecular complexity index is 334. The third-order valence-electron chi connectivity index (χ3n) is 2.50. The number of nitrogens with one attached hydrogen (secondary N) is 1. The summed E-state index contributed by atoms with van der Waals surface area (Å²) in [5.41, 5.74) is 1.10. The van der Waals surface area contributed by atoms with E-state index in [1.54, 1.807) is 21.3 Å². The highest BCUT2D eigenvalue weighted by molar-refractivity contribution is 5.85. The van der Waals surface area contributed by atoms with Crippen LogP contribution in [0.1, 0.15) is 12.0 Å². The summed E-state index contributed by atoms with van der Waals surface area (Å²) in [7, 11) is 5.02. The fourth-order valence-electron chi connectivity index (χ4n) is 1.66. The zero-order chi connectivity index (χ0) is 12.5. The van der Waals surface area contributed by atoms with Crippen molar-refractivity contribution in [2.45, 2.75) is 13.0 Å². The maximum Gasteiger partial charge on any atom is 0.165 e. The van der Waals surface area contributed by atoms with Crippen molar-refractivity contribution in [1.82, 2.24) is 5.32 Å². The van der Waals surface area contributed by atoms with Crippen LogP contribution in [-0.4, -0.2) is 34.5 Å². The Hall–Kier alpha value is -0.970. The van der Waals surface area contributed by atoms with Crippen molar-refractivity contribution in [3.05, 3.63) is 23.8 Å². The van der Waals surface area contributed by atoms with Crippen LogP contribution in [0.15, 0.2) is 18.2 Å². The van der Waals surface area contributed by atoms with Crippen LogP contribution in [0.4, 0.5) is 0 Å². The molecule has 0 aromatic heterocycles. The van der Waals surface area contributed by atoms with Gasteiger partial charge in [-0.25, -0.2) is 0 Å². The third-order valence-corrected chi connectivity index (χ3v) is 2.50. The molecule has 0 atom stereocenters. The molecule has 0 aliphatic carbocycles. The quantitative estimate of drug-likeness (QED) is 0.739. The summed E-state index contributed by atoms with van der Waals surface area (Å²) in [6, 6.07) is 5.89. The minimum absolute atomic E-state index is 0. The zero-order valence-corrected chi connectivity index (χ0v) is 12.0. The minimum atomic E-state index is 0. The maximum absolute atomic E-state index is 5.36. The predicted octanol–water partition coefficient (Wildman–Crippen LogP) is 2.25. The van der Waals surface area contributed by atoms with Crippen molar-refractivity contribution in [2.75, 3.05) is 34.5 Å². The summed E-state index contributed by atoms with van der Waals surface area (Å²) in [5, 5.41) is 3.35. The molecule has 0 spiro atoms. The minimum Gasteiger partial charge on any atom is -0.493 e. The average molecular weight is 276 g/mol. The van der Waals surface area contributed by atoms with E-state index in [0.717, 1.165) is 43.2 Å². The molecule has 104 valence electrons. The van der Waals surface area contributed by atoms with E-state index in [4.69, 9.17) is 14.2 Å². The van der Waals surface area contributed by atoms with Crippen molar-refractivity contribution >= 4 is 12.4 Å². The van der Waals surface area contributed by atoms with E-state index in [0.29, 0.717) is 0 Å². The first kappa shape index (κ1) is 17.0. The van der Waals surface area contributed by atoms with E-state index in [2.05, 4.69) is 5.32 Å². The van der Waals surface area contributed by atoms with Gasteiger partial charge in [0.15, 0.2) is 11.5 Å². The molecule has 0 bridgehead atoms. The smallest absolute Gasteiger partial charge is 0.165 e. The van der Waals surface area contributed by atoms with E-state index in [1.807, 2.05) is 18.2 Å². The van der Waals surface area contributed by atoms with Crippen LogP contribution in [0.5, 0.6) is 11.5 Å². The number of para-hydroxylation sites is 1. The number of ether oxygens (including phenoxy) is 3. The summed E-state index contributed by atoms with van der Waals surface area (Å²) in [6.45, 7) is 2.47. The second kappa shape index (κ2) is 10.00. The summed E-state index contributed by atoms with van der Waals surface area (Å²) in [6.07, 6.45) is 1.00. The number of halogens is 1. The topological polar surface area (TPSA) is 39.7 Å². The standard InChI is InChI=1S/C13H21NO3.ClH/c1-15-9-5-8-14-10-11-6-4-7-12(16-2)13(11)17-3;/h4,6-7,14H,5,8-10H2,1-3H3;1H. The Morgan fingerprint density at radius 3 is 2.50 bits per heavy atom. The second-order valence-corrected chi connectivity index (χ2v) is 3.68. The molecule has 4 nitrogen and oxygen atoms in total. The van der Waals surface area contributed by atoms with Gasteiger partial charge in [0, 0.05) is 25.8 Å². The van der Waals surface area contributed by atoms with Crippen LogP contribution < -0.4 is 14.8 Å². The van der Waals surface area contributed by atoms with Gasteiger partial charge in [-0.05, 0) is 19.0 Å². The molecule has 5 heteroatoms. The van der Waals surface area contributed by atoms with Crippen molar-refractivity contribution in [2.24, 2.45) is 0 Å². The van der Waals surface area contributed by atoms with Gasteiger partial charge in [-0.3, -0.25) is 0 Å². The Morgan fingerprint density at radius 1 is 1.11 bits per heavy atom. The van der Waals surface area contributed by atoms with Gasteiger partial charge in [-0.2, -0.15) is 0 Å². The Labute approximate surface area is 115 Å². The first-order valence-electron chi connectivity index (χ1n) is 5.73. The van der Waals surface area contributed by atoms with Gasteiger partial charge in [0.2, 0.25) is 0 Å². The molecule has 0 fully saturated rings. The molecule has 1 aromatic rings. The monoisotopic (exact) mass is 275 g/mol. The molecule has 18 heavy (non-hydrogen) atoms. The van der Waals surface area contributed by atoms with Crippen LogP contribution in [0.3, 0.4) is 0 Å². The van der Waals surface area contributed by atoms with E-state index in [-0.39, 0.29) is 12.4 Å². The Kier molecular flexibility index (Phi) is 9.46. The lowest BCUT2D eigenvalue weighted by molar-refractivity contribution is 0.194. The normalized spacial score (nSPS) is 9.72. The Balaban J connectivity index is 0.00000289. The first-order valence-corrected chi connectivity index (χ1v) is 5.73. The highest BCUT2D eigenvalue weighted by Gasteiger charge is 2.08. The number of benzene rings is 1. The lowest BCUT2D eigenvalue weighted by Crippen LogP contribution is -2.16. The van der Waals surface area contributed by atoms with Crippen LogP contribution in [0.25, 0.3) is 0 Å².